The second-order valence-corrected chi connectivity index (χ2v) is 4.85. The van der Waals surface area contributed by atoms with Crippen molar-refractivity contribution in [1.82, 2.24) is 10.3 Å². The molecule has 0 aliphatic rings. The summed E-state index contributed by atoms with van der Waals surface area (Å²) in [6.45, 7) is 2.68. The van der Waals surface area contributed by atoms with Gasteiger partial charge in [-0.15, -0.1) is 11.3 Å². The van der Waals surface area contributed by atoms with Gasteiger partial charge in [-0.05, 0) is 18.6 Å². The fourth-order valence-electron chi connectivity index (χ4n) is 1.65. The van der Waals surface area contributed by atoms with Crippen LogP contribution in [0.25, 0.3) is 10.6 Å². The Kier molecular flexibility index (Phi) is 4.52. The molecule has 0 fully saturated rings. The monoisotopic (exact) mass is 276 g/mol. The van der Waals surface area contributed by atoms with Gasteiger partial charge in [0.15, 0.2) is 0 Å². The van der Waals surface area contributed by atoms with Gasteiger partial charge >= 0.3 is 0 Å². The minimum Gasteiger partial charge on any atom is -0.496 e. The van der Waals surface area contributed by atoms with Crippen molar-refractivity contribution >= 4 is 17.2 Å². The average Bonchev–Trinajstić information content (AvgIpc) is 2.94. The number of nitrogens with zero attached hydrogens (tertiary/aromatic N) is 1. The van der Waals surface area contributed by atoms with E-state index in [-0.39, 0.29) is 5.91 Å². The Bertz CT molecular complexity index is 566. The van der Waals surface area contributed by atoms with E-state index in [1.807, 2.05) is 31.2 Å². The van der Waals surface area contributed by atoms with Crippen LogP contribution in [-0.4, -0.2) is 24.5 Å². The van der Waals surface area contributed by atoms with Crippen molar-refractivity contribution in [2.75, 3.05) is 13.7 Å². The van der Waals surface area contributed by atoms with Crippen molar-refractivity contribution in [2.24, 2.45) is 0 Å². The molecule has 2 rings (SSSR count). The van der Waals surface area contributed by atoms with Crippen LogP contribution in [-0.2, 0) is 0 Å². The molecule has 0 saturated carbocycles. The number of hydrogen-bond acceptors (Lipinski definition) is 4. The molecule has 1 N–H and O–H groups in total. The first-order valence-electron chi connectivity index (χ1n) is 6.13. The van der Waals surface area contributed by atoms with E-state index in [0.29, 0.717) is 12.2 Å². The van der Waals surface area contributed by atoms with E-state index in [1.54, 1.807) is 12.5 Å². The van der Waals surface area contributed by atoms with Crippen LogP contribution in [0, 0.1) is 0 Å². The number of amides is 1. The second-order valence-electron chi connectivity index (χ2n) is 3.99. The molecule has 4 nitrogen and oxygen atoms in total. The van der Waals surface area contributed by atoms with E-state index >= 15 is 0 Å². The average molecular weight is 276 g/mol. The molecule has 0 aliphatic carbocycles. The van der Waals surface area contributed by atoms with Crippen LogP contribution in [0.4, 0.5) is 0 Å². The number of hydrogen-bond donors (Lipinski definition) is 1. The molecular formula is C14H16N2O2S. The van der Waals surface area contributed by atoms with Crippen LogP contribution in [0.2, 0.25) is 0 Å². The summed E-state index contributed by atoms with van der Waals surface area (Å²) in [7, 11) is 1.63. The highest BCUT2D eigenvalue weighted by Gasteiger charge is 2.13. The van der Waals surface area contributed by atoms with Gasteiger partial charge in [-0.25, -0.2) is 4.98 Å². The first-order valence-corrected chi connectivity index (χ1v) is 7.01. The molecule has 0 unspecified atom stereocenters. The number of carbonyl (C=O) groups excluding carboxylic acids is 1. The fourth-order valence-corrected chi connectivity index (χ4v) is 2.48. The van der Waals surface area contributed by atoms with Crippen molar-refractivity contribution in [3.05, 3.63) is 35.3 Å². The summed E-state index contributed by atoms with van der Waals surface area (Å²) in [4.78, 5) is 16.2. The van der Waals surface area contributed by atoms with Crippen molar-refractivity contribution in [3.63, 3.8) is 0 Å². The summed E-state index contributed by atoms with van der Waals surface area (Å²) in [5.74, 6) is 0.636. The van der Waals surface area contributed by atoms with Crippen molar-refractivity contribution in [2.45, 2.75) is 13.3 Å². The minimum atomic E-state index is -0.126. The molecule has 0 radical (unpaired) electrons. The van der Waals surface area contributed by atoms with E-state index in [0.717, 1.165) is 22.7 Å². The third-order valence-electron chi connectivity index (χ3n) is 2.61. The molecule has 1 amide bonds. The van der Waals surface area contributed by atoms with Crippen LogP contribution in [0.15, 0.2) is 29.6 Å². The number of aromatic nitrogens is 1. The second kappa shape index (κ2) is 6.33. The topological polar surface area (TPSA) is 51.2 Å². The van der Waals surface area contributed by atoms with Gasteiger partial charge < -0.3 is 10.1 Å². The number of thiazole rings is 1. The summed E-state index contributed by atoms with van der Waals surface area (Å²) in [6, 6.07) is 7.65. The molecule has 2 aromatic rings. The predicted octanol–water partition coefficient (Wildman–Crippen LogP) is 2.96. The number of rotatable bonds is 5. The van der Waals surface area contributed by atoms with Gasteiger partial charge in [0.2, 0.25) is 0 Å². The molecule has 0 bridgehead atoms. The Hall–Kier alpha value is -1.88. The molecule has 0 aliphatic heterocycles. The zero-order chi connectivity index (χ0) is 13.7. The summed E-state index contributed by atoms with van der Waals surface area (Å²) in [5.41, 5.74) is 1.36. The smallest absolute Gasteiger partial charge is 0.270 e. The Morgan fingerprint density at radius 2 is 2.21 bits per heavy atom. The summed E-state index contributed by atoms with van der Waals surface area (Å²) in [5, 5.41) is 5.38. The van der Waals surface area contributed by atoms with Crippen LogP contribution in [0.3, 0.4) is 0 Å². The quantitative estimate of drug-likeness (QED) is 0.913. The maximum atomic E-state index is 11.8. The Morgan fingerprint density at radius 3 is 2.95 bits per heavy atom. The highest BCUT2D eigenvalue weighted by atomic mass is 32.1. The van der Waals surface area contributed by atoms with Gasteiger partial charge in [0, 0.05) is 11.9 Å². The van der Waals surface area contributed by atoms with Crippen LogP contribution < -0.4 is 10.1 Å². The fraction of sp³-hybridized carbons (Fsp3) is 0.286. The third-order valence-corrected chi connectivity index (χ3v) is 3.49. The highest BCUT2D eigenvalue weighted by molar-refractivity contribution is 7.13. The van der Waals surface area contributed by atoms with Crippen LogP contribution >= 0.6 is 11.3 Å². The van der Waals surface area contributed by atoms with E-state index in [1.165, 1.54) is 11.3 Å². The molecule has 0 atom stereocenters. The normalized spacial score (nSPS) is 10.2. The standard InChI is InChI=1S/C14H16N2O2S/c1-3-8-15-13(17)11-9-19-14(16-11)10-6-4-5-7-12(10)18-2/h4-7,9H,3,8H2,1-2H3,(H,15,17). The minimum absolute atomic E-state index is 0.126. The Morgan fingerprint density at radius 1 is 1.42 bits per heavy atom. The molecule has 0 saturated heterocycles. The van der Waals surface area contributed by atoms with Crippen LogP contribution in [0.5, 0.6) is 5.75 Å². The molecule has 0 spiro atoms. The maximum absolute atomic E-state index is 11.8. The summed E-state index contributed by atoms with van der Waals surface area (Å²) in [6.07, 6.45) is 0.912. The molecule has 1 heterocycles. The molecule has 1 aromatic heterocycles. The third kappa shape index (κ3) is 3.12. The number of carbonyl (C=O) groups is 1. The highest BCUT2D eigenvalue weighted by Crippen LogP contribution is 2.31. The van der Waals surface area contributed by atoms with E-state index in [4.69, 9.17) is 4.74 Å². The lowest BCUT2D eigenvalue weighted by molar-refractivity contribution is 0.0949. The summed E-state index contributed by atoms with van der Waals surface area (Å²) < 4.78 is 5.30. The maximum Gasteiger partial charge on any atom is 0.270 e. The van der Waals surface area contributed by atoms with Gasteiger partial charge in [-0.3, -0.25) is 4.79 Å². The summed E-state index contributed by atoms with van der Waals surface area (Å²) >= 11 is 1.44. The Labute approximate surface area is 116 Å². The number of benzene rings is 1. The number of methoxy groups -OCH3 is 1. The molecule has 1 aromatic carbocycles. The molecule has 5 heteroatoms. The van der Waals surface area contributed by atoms with Gasteiger partial charge in [0.1, 0.15) is 16.5 Å². The lowest BCUT2D eigenvalue weighted by Crippen LogP contribution is -2.24. The number of ether oxygens (including phenoxy) is 1. The van der Waals surface area contributed by atoms with Crippen molar-refractivity contribution in [1.29, 1.82) is 0 Å². The first kappa shape index (κ1) is 13.5. The molecule has 19 heavy (non-hydrogen) atoms. The Balaban J connectivity index is 2.23. The van der Waals surface area contributed by atoms with Crippen molar-refractivity contribution < 1.29 is 9.53 Å². The molecular weight excluding hydrogens is 260 g/mol. The lowest BCUT2D eigenvalue weighted by Gasteiger charge is -2.04. The predicted molar refractivity (Wildman–Crippen MR) is 76.7 cm³/mol. The van der Waals surface area contributed by atoms with Gasteiger partial charge in [-0.1, -0.05) is 19.1 Å². The largest absolute Gasteiger partial charge is 0.496 e. The van der Waals surface area contributed by atoms with Gasteiger partial charge in [0.25, 0.3) is 5.91 Å². The zero-order valence-electron chi connectivity index (χ0n) is 11.0. The zero-order valence-corrected chi connectivity index (χ0v) is 11.8. The van der Waals surface area contributed by atoms with Gasteiger partial charge in [0.05, 0.1) is 12.7 Å². The number of para-hydroxylation sites is 1. The van der Waals surface area contributed by atoms with E-state index in [9.17, 15) is 4.79 Å². The van der Waals surface area contributed by atoms with Gasteiger partial charge in [-0.2, -0.15) is 0 Å². The van der Waals surface area contributed by atoms with Crippen molar-refractivity contribution in [3.8, 4) is 16.3 Å². The molecule has 100 valence electrons. The van der Waals surface area contributed by atoms with Crippen LogP contribution in [0.1, 0.15) is 23.8 Å². The SMILES string of the molecule is CCCNC(=O)c1csc(-c2ccccc2OC)n1. The van der Waals surface area contributed by atoms with E-state index < -0.39 is 0 Å². The first-order chi connectivity index (χ1) is 9.26. The lowest BCUT2D eigenvalue weighted by atomic mass is 10.2. The number of nitrogens with one attached hydrogen (secondary N) is 1. The van der Waals surface area contributed by atoms with E-state index in [2.05, 4.69) is 10.3 Å².